The molecule has 1 aliphatic heterocycles. The molecule has 0 radical (unpaired) electrons. The van der Waals surface area contributed by atoms with E-state index in [1.165, 1.54) is 0 Å². The molecule has 0 bridgehead atoms. The number of nitrogen functional groups attached to an aromatic ring is 1. The fraction of sp³-hybridized carbons (Fsp3) is 0.478. The monoisotopic (exact) mass is 566 g/mol. The first kappa shape index (κ1) is 22.5. The van der Waals surface area contributed by atoms with Crippen LogP contribution in [0.5, 0.6) is 0 Å². The number of carbonyl (C=O) groups is 1. The standard InChI is InChI=1S/C23H22F5N11O/c1-21(12-9-39(37-36-12)8-10-3-4-10)14-16(29)33-18(34-17(14)35-20(21)40)15-11-7-30-38(2)19(11)32-13(31-15)5-6-22(24,25)23(26,27)28/h7,9-10H,3-6,8H2,1-2H3,(H3,29,33,34,35,40)/i2D3. The molecule has 1 unspecified atom stereocenters. The van der Waals surface area contributed by atoms with Crippen LogP contribution in [-0.4, -0.2) is 62.7 Å². The molecule has 40 heavy (non-hydrogen) atoms. The van der Waals surface area contributed by atoms with Gasteiger partial charge in [0.25, 0.3) is 0 Å². The first-order valence-corrected chi connectivity index (χ1v) is 12.1. The van der Waals surface area contributed by atoms with E-state index in [4.69, 9.17) is 9.85 Å². The average molecular weight is 567 g/mol. The van der Waals surface area contributed by atoms with Gasteiger partial charge in [0.05, 0.1) is 17.1 Å². The Balaban J connectivity index is 1.44. The van der Waals surface area contributed by atoms with E-state index in [9.17, 15) is 26.7 Å². The number of carbonyl (C=O) groups excluding carboxylic acids is 1. The highest BCUT2D eigenvalue weighted by molar-refractivity contribution is 6.09. The highest BCUT2D eigenvalue weighted by Crippen LogP contribution is 2.45. The number of rotatable bonds is 7. The summed E-state index contributed by atoms with van der Waals surface area (Å²) in [4.78, 5) is 29.9. The average Bonchev–Trinajstić information content (AvgIpc) is 3.28. The van der Waals surface area contributed by atoms with E-state index in [1.807, 2.05) is 0 Å². The van der Waals surface area contributed by atoms with E-state index in [-0.39, 0.29) is 39.8 Å². The second-order valence-corrected chi connectivity index (χ2v) is 9.99. The third-order valence-corrected chi connectivity index (χ3v) is 7.08. The van der Waals surface area contributed by atoms with Crippen molar-refractivity contribution in [3.05, 3.63) is 29.5 Å². The lowest BCUT2D eigenvalue weighted by molar-refractivity contribution is -0.284. The van der Waals surface area contributed by atoms with E-state index in [1.54, 1.807) is 17.8 Å². The van der Waals surface area contributed by atoms with Crippen LogP contribution in [0.4, 0.5) is 33.6 Å². The molecule has 1 amide bonds. The van der Waals surface area contributed by atoms with Gasteiger partial charge in [-0.05, 0) is 25.7 Å². The number of nitrogens with two attached hydrogens (primary N) is 1. The quantitative estimate of drug-likeness (QED) is 0.321. The lowest BCUT2D eigenvalue weighted by atomic mass is 9.81. The van der Waals surface area contributed by atoms with Crippen molar-refractivity contribution in [1.29, 1.82) is 0 Å². The summed E-state index contributed by atoms with van der Waals surface area (Å²) < 4.78 is 91.1. The van der Waals surface area contributed by atoms with Crippen molar-refractivity contribution in [2.75, 3.05) is 11.1 Å². The number of halogens is 5. The summed E-state index contributed by atoms with van der Waals surface area (Å²) in [6.07, 6.45) is -3.63. The minimum atomic E-state index is -5.81. The number of hydrogen-bond donors (Lipinski definition) is 2. The lowest BCUT2D eigenvalue weighted by Gasteiger charge is -2.20. The molecule has 0 aromatic carbocycles. The molecule has 12 nitrogen and oxygen atoms in total. The summed E-state index contributed by atoms with van der Waals surface area (Å²) in [5, 5.41) is 14.7. The summed E-state index contributed by atoms with van der Waals surface area (Å²) in [6, 6.07) is 0. The van der Waals surface area contributed by atoms with Crippen molar-refractivity contribution < 1.29 is 30.9 Å². The van der Waals surface area contributed by atoms with Gasteiger partial charge in [-0.3, -0.25) is 14.2 Å². The molecule has 210 valence electrons. The molecule has 3 N–H and O–H groups in total. The molecule has 1 saturated carbocycles. The van der Waals surface area contributed by atoms with Gasteiger partial charge in [-0.15, -0.1) is 5.10 Å². The Morgan fingerprint density at radius 1 is 1.20 bits per heavy atom. The van der Waals surface area contributed by atoms with Gasteiger partial charge in [-0.1, -0.05) is 5.21 Å². The lowest BCUT2D eigenvalue weighted by Crippen LogP contribution is -2.36. The number of amides is 1. The van der Waals surface area contributed by atoms with Crippen LogP contribution < -0.4 is 11.1 Å². The fourth-order valence-electron chi connectivity index (χ4n) is 4.59. The van der Waals surface area contributed by atoms with Gasteiger partial charge in [-0.2, -0.15) is 27.1 Å². The van der Waals surface area contributed by atoms with Crippen LogP contribution in [0.15, 0.2) is 12.4 Å². The number of nitrogens with zero attached hydrogens (tertiary/aromatic N) is 9. The number of aromatic nitrogens is 9. The van der Waals surface area contributed by atoms with Crippen LogP contribution in [0, 0.1) is 5.92 Å². The summed E-state index contributed by atoms with van der Waals surface area (Å²) in [7, 11) is 0. The van der Waals surface area contributed by atoms with Gasteiger partial charge in [-0.25, -0.2) is 19.9 Å². The van der Waals surface area contributed by atoms with E-state index in [0.29, 0.717) is 22.8 Å². The Morgan fingerprint density at radius 3 is 2.67 bits per heavy atom. The predicted octanol–water partition coefficient (Wildman–Crippen LogP) is 2.79. The van der Waals surface area contributed by atoms with Crippen molar-refractivity contribution >= 4 is 28.6 Å². The van der Waals surface area contributed by atoms with Crippen LogP contribution in [0.2, 0.25) is 0 Å². The van der Waals surface area contributed by atoms with E-state index in [0.717, 1.165) is 19.0 Å². The third-order valence-electron chi connectivity index (χ3n) is 7.08. The third kappa shape index (κ3) is 4.10. The molecule has 4 aromatic heterocycles. The van der Waals surface area contributed by atoms with E-state index >= 15 is 0 Å². The first-order chi connectivity index (χ1) is 20.0. The predicted molar refractivity (Wildman–Crippen MR) is 129 cm³/mol. The molecule has 1 atom stereocenters. The fourth-order valence-corrected chi connectivity index (χ4v) is 4.59. The van der Waals surface area contributed by atoms with E-state index in [2.05, 4.69) is 40.7 Å². The minimum Gasteiger partial charge on any atom is -0.383 e. The van der Waals surface area contributed by atoms with Crippen LogP contribution in [0.3, 0.4) is 0 Å². The maximum atomic E-state index is 13.7. The molecule has 4 aromatic rings. The van der Waals surface area contributed by atoms with Crippen molar-refractivity contribution in [2.45, 2.75) is 56.7 Å². The SMILES string of the molecule is [2H]C([2H])([2H])n1ncc2c(-c3nc(N)c4c(n3)NC(=O)C4(C)c3cn(CC4CC4)nn3)nc(CCC(F)(F)C(F)(F)F)nc21. The van der Waals surface area contributed by atoms with Crippen molar-refractivity contribution in [2.24, 2.45) is 12.9 Å². The molecule has 0 spiro atoms. The number of anilines is 2. The largest absolute Gasteiger partial charge is 0.453 e. The van der Waals surface area contributed by atoms with Crippen LogP contribution >= 0.6 is 0 Å². The summed E-state index contributed by atoms with van der Waals surface area (Å²) in [5.41, 5.74) is 4.77. The zero-order chi connectivity index (χ0) is 31.1. The molecule has 2 aliphatic rings. The zero-order valence-corrected chi connectivity index (χ0v) is 20.7. The topological polar surface area (TPSA) is 155 Å². The molecule has 1 aliphatic carbocycles. The maximum Gasteiger partial charge on any atom is 0.453 e. The second-order valence-electron chi connectivity index (χ2n) is 9.99. The maximum absolute atomic E-state index is 13.7. The smallest absolute Gasteiger partial charge is 0.383 e. The number of aryl methyl sites for hydroxylation is 2. The van der Waals surface area contributed by atoms with Gasteiger partial charge in [0.2, 0.25) is 5.91 Å². The van der Waals surface area contributed by atoms with E-state index < -0.39 is 49.1 Å². The number of alkyl halides is 5. The van der Waals surface area contributed by atoms with Crippen LogP contribution in [-0.2, 0) is 30.2 Å². The van der Waals surface area contributed by atoms with Gasteiger partial charge in [0.1, 0.15) is 34.3 Å². The first-order valence-electron chi connectivity index (χ1n) is 13.6. The molecular formula is C23H22F5N11O. The Bertz CT molecular complexity index is 1770. The van der Waals surface area contributed by atoms with Gasteiger partial charge >= 0.3 is 12.1 Å². The van der Waals surface area contributed by atoms with Gasteiger partial charge in [0.15, 0.2) is 11.5 Å². The number of hydrogen-bond acceptors (Lipinski definition) is 9. The molecule has 0 saturated heterocycles. The van der Waals surface area contributed by atoms with Crippen molar-refractivity contribution in [3.8, 4) is 11.5 Å². The molecular weight excluding hydrogens is 541 g/mol. The number of nitrogens with one attached hydrogen (secondary N) is 1. The Morgan fingerprint density at radius 2 is 1.98 bits per heavy atom. The number of fused-ring (bicyclic) bond motifs is 2. The summed E-state index contributed by atoms with van der Waals surface area (Å²) in [6.45, 7) is -0.667. The Labute approximate surface area is 226 Å². The highest BCUT2D eigenvalue weighted by atomic mass is 19.4. The zero-order valence-electron chi connectivity index (χ0n) is 23.7. The van der Waals surface area contributed by atoms with Gasteiger partial charge in [0, 0.05) is 36.7 Å². The Hall–Kier alpha value is -4.31. The van der Waals surface area contributed by atoms with Crippen molar-refractivity contribution in [1.82, 2.24) is 44.7 Å². The molecule has 5 heterocycles. The van der Waals surface area contributed by atoms with Gasteiger partial charge < -0.3 is 11.1 Å². The molecule has 1 fully saturated rings. The normalized spacial score (nSPS) is 20.8. The second kappa shape index (κ2) is 8.59. The summed E-state index contributed by atoms with van der Waals surface area (Å²) in [5.74, 6) is -6.12. The van der Waals surface area contributed by atoms with Crippen LogP contribution in [0.1, 0.15) is 47.4 Å². The molecule has 6 rings (SSSR count). The highest BCUT2D eigenvalue weighted by Gasteiger charge is 2.56. The van der Waals surface area contributed by atoms with Crippen molar-refractivity contribution in [3.63, 3.8) is 0 Å². The van der Waals surface area contributed by atoms with Crippen LogP contribution in [0.25, 0.3) is 22.6 Å². The molecule has 17 heteroatoms. The Kier molecular flexibility index (Phi) is 4.83. The summed E-state index contributed by atoms with van der Waals surface area (Å²) >= 11 is 0. The minimum absolute atomic E-state index is 0.0214.